The summed E-state index contributed by atoms with van der Waals surface area (Å²) in [6.07, 6.45) is -6.39. The topological polar surface area (TPSA) is 64.9 Å². The maximum absolute atomic E-state index is 13.4. The van der Waals surface area contributed by atoms with Crippen LogP contribution < -0.4 is 10.6 Å². The van der Waals surface area contributed by atoms with Gasteiger partial charge in [0.25, 0.3) is 0 Å². The SMILES string of the molecule is CC(C)[C@]1(C(=O)NCc2cc(C(F)(F)F)cc(C(F)(F)F)c2)CC[C@@H](NC2CCc3ccc(C#N)cc32)C1. The van der Waals surface area contributed by atoms with Crippen LogP contribution in [0.5, 0.6) is 0 Å². The zero-order valence-corrected chi connectivity index (χ0v) is 21.1. The average Bonchev–Trinajstić information content (AvgIpc) is 3.46. The number of nitrogens with one attached hydrogen (secondary N) is 2. The molecule has 1 fully saturated rings. The second-order valence-electron chi connectivity index (χ2n) is 10.6. The van der Waals surface area contributed by atoms with Crippen molar-refractivity contribution in [2.45, 2.75) is 76.9 Å². The number of nitriles is 1. The molecule has 2 aliphatic carbocycles. The molecule has 204 valence electrons. The van der Waals surface area contributed by atoms with Gasteiger partial charge >= 0.3 is 12.4 Å². The van der Waals surface area contributed by atoms with E-state index in [-0.39, 0.29) is 35.5 Å². The second kappa shape index (κ2) is 10.3. The number of aryl methyl sites for hydroxylation is 1. The maximum atomic E-state index is 13.4. The fourth-order valence-corrected chi connectivity index (χ4v) is 5.82. The van der Waals surface area contributed by atoms with Gasteiger partial charge < -0.3 is 10.6 Å². The highest BCUT2D eigenvalue weighted by molar-refractivity contribution is 5.83. The van der Waals surface area contributed by atoms with Crippen molar-refractivity contribution >= 4 is 5.91 Å². The van der Waals surface area contributed by atoms with E-state index in [0.29, 0.717) is 37.0 Å². The fourth-order valence-electron chi connectivity index (χ4n) is 5.82. The van der Waals surface area contributed by atoms with Crippen LogP contribution in [-0.2, 0) is 30.1 Å². The summed E-state index contributed by atoms with van der Waals surface area (Å²) >= 11 is 0. The van der Waals surface area contributed by atoms with Crippen LogP contribution in [-0.4, -0.2) is 11.9 Å². The van der Waals surface area contributed by atoms with Crippen LogP contribution >= 0.6 is 0 Å². The summed E-state index contributed by atoms with van der Waals surface area (Å²) in [5.74, 6) is -0.469. The minimum atomic E-state index is -4.95. The predicted octanol–water partition coefficient (Wildman–Crippen LogP) is 6.68. The van der Waals surface area contributed by atoms with Gasteiger partial charge in [0, 0.05) is 18.6 Å². The van der Waals surface area contributed by atoms with E-state index in [9.17, 15) is 36.4 Å². The van der Waals surface area contributed by atoms with Gasteiger partial charge in [-0.25, -0.2) is 0 Å². The minimum Gasteiger partial charge on any atom is -0.352 e. The molecule has 1 amide bonds. The van der Waals surface area contributed by atoms with Crippen LogP contribution in [0.25, 0.3) is 0 Å². The second-order valence-corrected chi connectivity index (χ2v) is 10.6. The van der Waals surface area contributed by atoms with Crippen LogP contribution in [0.1, 0.15) is 79.0 Å². The number of carbonyl (C=O) groups is 1. The van der Waals surface area contributed by atoms with Crippen LogP contribution in [0.4, 0.5) is 26.3 Å². The lowest BCUT2D eigenvalue weighted by Crippen LogP contribution is -2.44. The van der Waals surface area contributed by atoms with Crippen molar-refractivity contribution in [1.29, 1.82) is 5.26 Å². The number of hydrogen-bond acceptors (Lipinski definition) is 3. The van der Waals surface area contributed by atoms with Crippen LogP contribution in [0.3, 0.4) is 0 Å². The van der Waals surface area contributed by atoms with Gasteiger partial charge in [-0.2, -0.15) is 31.6 Å². The lowest BCUT2D eigenvalue weighted by Gasteiger charge is -2.33. The van der Waals surface area contributed by atoms with Crippen LogP contribution in [0.2, 0.25) is 0 Å². The van der Waals surface area contributed by atoms with E-state index in [1.165, 1.54) is 5.56 Å². The Kier molecular flexibility index (Phi) is 7.54. The predicted molar refractivity (Wildman–Crippen MR) is 129 cm³/mol. The molecule has 0 bridgehead atoms. The zero-order valence-electron chi connectivity index (χ0n) is 21.1. The number of carbonyl (C=O) groups excluding carboxylic acids is 1. The van der Waals surface area contributed by atoms with Gasteiger partial charge in [-0.15, -0.1) is 0 Å². The largest absolute Gasteiger partial charge is 0.416 e. The number of amides is 1. The summed E-state index contributed by atoms with van der Waals surface area (Å²) in [5.41, 5.74) is -1.02. The number of nitrogens with zero attached hydrogens (tertiary/aromatic N) is 1. The summed E-state index contributed by atoms with van der Waals surface area (Å²) in [6.45, 7) is 3.36. The smallest absolute Gasteiger partial charge is 0.352 e. The summed E-state index contributed by atoms with van der Waals surface area (Å²) in [5, 5.41) is 15.5. The normalized spacial score (nSPS) is 23.4. The Hall–Kier alpha value is -3.06. The molecule has 2 aromatic rings. The summed E-state index contributed by atoms with van der Waals surface area (Å²) < 4.78 is 79.3. The molecule has 2 N–H and O–H groups in total. The first-order valence-electron chi connectivity index (χ1n) is 12.6. The Morgan fingerprint density at radius 2 is 1.71 bits per heavy atom. The molecule has 0 aromatic heterocycles. The Labute approximate surface area is 217 Å². The Morgan fingerprint density at radius 1 is 1.05 bits per heavy atom. The van der Waals surface area contributed by atoms with E-state index in [0.717, 1.165) is 18.4 Å². The van der Waals surface area contributed by atoms with Gasteiger partial charge in [-0.1, -0.05) is 19.9 Å². The van der Waals surface area contributed by atoms with E-state index in [1.807, 2.05) is 26.0 Å². The quantitative estimate of drug-likeness (QED) is 0.404. The molecule has 3 atom stereocenters. The Morgan fingerprint density at radius 3 is 2.29 bits per heavy atom. The summed E-state index contributed by atoms with van der Waals surface area (Å²) in [7, 11) is 0. The average molecular weight is 538 g/mol. The van der Waals surface area contributed by atoms with Gasteiger partial charge in [0.1, 0.15) is 0 Å². The van der Waals surface area contributed by atoms with Crippen molar-refractivity contribution in [3.05, 3.63) is 69.8 Å². The highest BCUT2D eigenvalue weighted by Gasteiger charge is 2.48. The number of hydrogen-bond donors (Lipinski definition) is 2. The first-order chi connectivity index (χ1) is 17.7. The number of fused-ring (bicyclic) bond motifs is 1. The molecule has 0 aliphatic heterocycles. The van der Waals surface area contributed by atoms with Crippen molar-refractivity contribution in [2.24, 2.45) is 11.3 Å². The standard InChI is InChI=1S/C28H29F6N3O/c1-16(2)26(8-7-22(13-26)37-24-6-5-19-4-3-17(14-35)11-23(19)24)25(38)36-15-18-9-20(27(29,30)31)12-21(10-18)28(32,33)34/h3-4,9-12,16,22,24,37H,5-8,13,15H2,1-2H3,(H,36,38)/t22-,24?,26+/m1/s1. The Bertz CT molecular complexity index is 1210. The molecule has 0 radical (unpaired) electrons. The molecular formula is C28H29F6N3O. The molecule has 4 rings (SSSR count). The molecule has 1 saturated carbocycles. The third-order valence-corrected chi connectivity index (χ3v) is 8.00. The van der Waals surface area contributed by atoms with E-state index in [4.69, 9.17) is 0 Å². The molecule has 38 heavy (non-hydrogen) atoms. The number of halogens is 6. The number of benzene rings is 2. The fraction of sp³-hybridized carbons (Fsp3) is 0.500. The van der Waals surface area contributed by atoms with Crippen molar-refractivity contribution in [3.8, 4) is 6.07 Å². The molecule has 2 aromatic carbocycles. The highest BCUT2D eigenvalue weighted by atomic mass is 19.4. The van der Waals surface area contributed by atoms with Crippen molar-refractivity contribution in [2.75, 3.05) is 0 Å². The van der Waals surface area contributed by atoms with E-state index >= 15 is 0 Å². The van der Waals surface area contributed by atoms with Crippen LogP contribution in [0.15, 0.2) is 36.4 Å². The molecule has 1 unspecified atom stereocenters. The third kappa shape index (κ3) is 5.68. The molecule has 10 heteroatoms. The monoisotopic (exact) mass is 537 g/mol. The highest BCUT2D eigenvalue weighted by Crippen LogP contribution is 2.46. The van der Waals surface area contributed by atoms with Crippen molar-refractivity contribution in [1.82, 2.24) is 10.6 Å². The van der Waals surface area contributed by atoms with Gasteiger partial charge in [-0.05, 0) is 85.0 Å². The minimum absolute atomic E-state index is 0.00947. The number of alkyl halides is 6. The third-order valence-electron chi connectivity index (χ3n) is 8.00. The molecule has 0 heterocycles. The van der Waals surface area contributed by atoms with Crippen molar-refractivity contribution in [3.63, 3.8) is 0 Å². The van der Waals surface area contributed by atoms with Crippen LogP contribution in [0, 0.1) is 22.7 Å². The zero-order chi connectivity index (χ0) is 27.9. The first kappa shape index (κ1) is 28.0. The Balaban J connectivity index is 1.47. The van der Waals surface area contributed by atoms with E-state index < -0.39 is 35.4 Å². The molecule has 2 aliphatic rings. The van der Waals surface area contributed by atoms with E-state index in [2.05, 4.69) is 16.7 Å². The number of rotatable bonds is 6. The van der Waals surface area contributed by atoms with Gasteiger partial charge in [0.2, 0.25) is 5.91 Å². The summed E-state index contributed by atoms with van der Waals surface area (Å²) in [4.78, 5) is 13.4. The lowest BCUT2D eigenvalue weighted by molar-refractivity contribution is -0.143. The van der Waals surface area contributed by atoms with Gasteiger partial charge in [-0.3, -0.25) is 4.79 Å². The first-order valence-corrected chi connectivity index (χ1v) is 12.6. The molecule has 0 saturated heterocycles. The maximum Gasteiger partial charge on any atom is 0.416 e. The molecular weight excluding hydrogens is 508 g/mol. The van der Waals surface area contributed by atoms with E-state index in [1.54, 1.807) is 6.07 Å². The van der Waals surface area contributed by atoms with Crippen molar-refractivity contribution < 1.29 is 31.1 Å². The lowest BCUT2D eigenvalue weighted by atomic mass is 9.74. The molecule has 4 nitrogen and oxygen atoms in total. The van der Waals surface area contributed by atoms with Gasteiger partial charge in [0.05, 0.1) is 28.2 Å². The van der Waals surface area contributed by atoms with Gasteiger partial charge in [0.15, 0.2) is 0 Å². The molecule has 0 spiro atoms. The summed E-state index contributed by atoms with van der Waals surface area (Å²) in [6, 6.07) is 9.24.